The molecule has 0 radical (unpaired) electrons. The van der Waals surface area contributed by atoms with E-state index in [1.165, 1.54) is 12.8 Å². The lowest BCUT2D eigenvalue weighted by Crippen LogP contribution is -2.24. The van der Waals surface area contributed by atoms with Gasteiger partial charge in [0.15, 0.2) is 0 Å². The first-order chi connectivity index (χ1) is 5.41. The van der Waals surface area contributed by atoms with E-state index in [0.717, 1.165) is 12.8 Å². The first-order valence-electron chi connectivity index (χ1n) is 4.84. The molecule has 0 aromatic carbocycles. The summed E-state index contributed by atoms with van der Waals surface area (Å²) >= 11 is 0. The van der Waals surface area contributed by atoms with E-state index < -0.39 is 13.7 Å². The van der Waals surface area contributed by atoms with E-state index in [9.17, 15) is 5.11 Å². The molecule has 1 N–H and O–H groups in total. The topological polar surface area (TPSA) is 20.2 Å². The molecule has 0 saturated heterocycles. The molecule has 1 nitrogen and oxygen atoms in total. The Morgan fingerprint density at radius 2 is 1.67 bits per heavy atom. The fourth-order valence-electron chi connectivity index (χ4n) is 1.56. The van der Waals surface area contributed by atoms with Crippen molar-refractivity contribution in [2.45, 2.75) is 50.9 Å². The lowest BCUT2D eigenvalue weighted by molar-refractivity contribution is 0.0994. The molecule has 1 aliphatic carbocycles. The van der Waals surface area contributed by atoms with Crippen molar-refractivity contribution in [3.8, 4) is 0 Å². The maximum atomic E-state index is 9.99. The minimum absolute atomic E-state index is 0.444. The summed E-state index contributed by atoms with van der Waals surface area (Å²) in [6, 6.07) is 0. The van der Waals surface area contributed by atoms with Gasteiger partial charge in [0.05, 0.1) is 13.7 Å². The normalized spacial score (nSPS) is 23.7. The number of hydrogen-bond donors (Lipinski definition) is 1. The Kier molecular flexibility index (Phi) is 2.79. The van der Waals surface area contributed by atoms with Crippen LogP contribution in [0, 0.1) is 0 Å². The highest BCUT2D eigenvalue weighted by atomic mass is 28.3. The van der Waals surface area contributed by atoms with E-state index in [4.69, 9.17) is 0 Å². The molecule has 0 aliphatic heterocycles. The SMILES string of the molecule is C[Si](C)(C)/C=C\C1(O)CCCC1. The van der Waals surface area contributed by atoms with Crippen molar-refractivity contribution in [3.05, 3.63) is 11.8 Å². The van der Waals surface area contributed by atoms with Crippen LogP contribution in [-0.4, -0.2) is 18.8 Å². The molecule has 0 spiro atoms. The van der Waals surface area contributed by atoms with Gasteiger partial charge >= 0.3 is 0 Å². The van der Waals surface area contributed by atoms with E-state index in [2.05, 4.69) is 31.4 Å². The highest BCUT2D eigenvalue weighted by Crippen LogP contribution is 2.30. The first-order valence-corrected chi connectivity index (χ1v) is 8.42. The van der Waals surface area contributed by atoms with Crippen molar-refractivity contribution in [1.29, 1.82) is 0 Å². The van der Waals surface area contributed by atoms with Crippen molar-refractivity contribution in [2.24, 2.45) is 0 Å². The van der Waals surface area contributed by atoms with Crippen LogP contribution in [0.4, 0.5) is 0 Å². The van der Waals surface area contributed by atoms with Crippen molar-refractivity contribution in [3.63, 3.8) is 0 Å². The van der Waals surface area contributed by atoms with E-state index in [-0.39, 0.29) is 0 Å². The van der Waals surface area contributed by atoms with Crippen molar-refractivity contribution < 1.29 is 5.11 Å². The zero-order chi connectivity index (χ0) is 9.24. The monoisotopic (exact) mass is 184 g/mol. The van der Waals surface area contributed by atoms with Crippen molar-refractivity contribution >= 4 is 8.07 Å². The van der Waals surface area contributed by atoms with Gasteiger partial charge < -0.3 is 5.11 Å². The zero-order valence-electron chi connectivity index (χ0n) is 8.43. The maximum absolute atomic E-state index is 9.99. The van der Waals surface area contributed by atoms with E-state index in [0.29, 0.717) is 0 Å². The molecule has 0 heterocycles. The minimum atomic E-state index is -1.11. The van der Waals surface area contributed by atoms with E-state index in [1.54, 1.807) is 0 Å². The molecule has 1 saturated carbocycles. The molecular weight excluding hydrogens is 164 g/mol. The summed E-state index contributed by atoms with van der Waals surface area (Å²) in [5.74, 6) is 0. The molecular formula is C10H20OSi. The molecule has 70 valence electrons. The fraction of sp³-hybridized carbons (Fsp3) is 0.800. The summed E-state index contributed by atoms with van der Waals surface area (Å²) in [6.45, 7) is 6.88. The summed E-state index contributed by atoms with van der Waals surface area (Å²) in [5.41, 5.74) is 1.82. The van der Waals surface area contributed by atoms with Crippen LogP contribution in [0.2, 0.25) is 19.6 Å². The number of hydrogen-bond acceptors (Lipinski definition) is 1. The Morgan fingerprint density at radius 1 is 1.17 bits per heavy atom. The second-order valence-electron chi connectivity index (χ2n) is 5.01. The van der Waals surface area contributed by atoms with Gasteiger partial charge in [0.1, 0.15) is 0 Å². The smallest absolute Gasteiger partial charge is 0.0824 e. The fourth-order valence-corrected chi connectivity index (χ4v) is 2.37. The van der Waals surface area contributed by atoms with Gasteiger partial charge in [-0.2, -0.15) is 0 Å². The van der Waals surface area contributed by atoms with Crippen LogP contribution in [-0.2, 0) is 0 Å². The summed E-state index contributed by atoms with van der Waals surface area (Å²) < 4.78 is 0. The molecule has 0 aromatic heterocycles. The zero-order valence-corrected chi connectivity index (χ0v) is 9.43. The van der Waals surface area contributed by atoms with Gasteiger partial charge in [0.2, 0.25) is 0 Å². The largest absolute Gasteiger partial charge is 0.386 e. The Bertz CT molecular complexity index is 173. The van der Waals surface area contributed by atoms with Gasteiger partial charge in [-0.25, -0.2) is 0 Å². The summed E-state index contributed by atoms with van der Waals surface area (Å²) in [5, 5.41) is 9.99. The standard InChI is InChI=1S/C10H20OSi/c1-12(2,3)9-8-10(11)6-4-5-7-10/h8-9,11H,4-7H2,1-3H3/b9-8-. The highest BCUT2D eigenvalue weighted by Gasteiger charge is 2.28. The van der Waals surface area contributed by atoms with Crippen LogP contribution in [0.25, 0.3) is 0 Å². The molecule has 0 aromatic rings. The molecule has 0 unspecified atom stereocenters. The Hall–Kier alpha value is -0.0831. The third kappa shape index (κ3) is 3.11. The summed E-state index contributed by atoms with van der Waals surface area (Å²) in [4.78, 5) is 0. The second-order valence-corrected chi connectivity index (χ2v) is 10.1. The van der Waals surface area contributed by atoms with Crippen LogP contribution >= 0.6 is 0 Å². The molecule has 0 amide bonds. The van der Waals surface area contributed by atoms with E-state index >= 15 is 0 Å². The predicted octanol–water partition coefficient (Wildman–Crippen LogP) is 2.73. The van der Waals surface area contributed by atoms with Crippen LogP contribution in [0.15, 0.2) is 11.8 Å². The van der Waals surface area contributed by atoms with Gasteiger partial charge in [0, 0.05) is 0 Å². The van der Waals surface area contributed by atoms with Crippen LogP contribution in [0.3, 0.4) is 0 Å². The lowest BCUT2D eigenvalue weighted by atomic mass is 10.0. The Labute approximate surface area is 76.5 Å². The Balaban J connectivity index is 2.54. The van der Waals surface area contributed by atoms with Crippen LogP contribution < -0.4 is 0 Å². The Morgan fingerprint density at radius 3 is 2.08 bits per heavy atom. The van der Waals surface area contributed by atoms with Gasteiger partial charge in [-0.1, -0.05) is 44.3 Å². The highest BCUT2D eigenvalue weighted by molar-refractivity contribution is 6.80. The van der Waals surface area contributed by atoms with Gasteiger partial charge in [-0.05, 0) is 12.8 Å². The number of aliphatic hydroxyl groups is 1. The molecule has 12 heavy (non-hydrogen) atoms. The van der Waals surface area contributed by atoms with E-state index in [1.807, 2.05) is 0 Å². The molecule has 1 fully saturated rings. The summed E-state index contributed by atoms with van der Waals surface area (Å²) in [6.07, 6.45) is 6.37. The molecule has 1 rings (SSSR count). The minimum Gasteiger partial charge on any atom is -0.386 e. The molecule has 0 atom stereocenters. The van der Waals surface area contributed by atoms with Gasteiger partial charge in [0.25, 0.3) is 0 Å². The van der Waals surface area contributed by atoms with Gasteiger partial charge in [-0.3, -0.25) is 0 Å². The van der Waals surface area contributed by atoms with Crippen LogP contribution in [0.5, 0.6) is 0 Å². The van der Waals surface area contributed by atoms with Crippen LogP contribution in [0.1, 0.15) is 25.7 Å². The third-order valence-corrected chi connectivity index (χ3v) is 3.53. The summed E-state index contributed by atoms with van der Waals surface area (Å²) in [7, 11) is -1.11. The second kappa shape index (κ2) is 3.34. The van der Waals surface area contributed by atoms with Crippen molar-refractivity contribution in [2.75, 3.05) is 0 Å². The third-order valence-electron chi connectivity index (χ3n) is 2.36. The van der Waals surface area contributed by atoms with Gasteiger partial charge in [-0.15, -0.1) is 0 Å². The molecule has 2 heteroatoms. The molecule has 1 aliphatic rings. The lowest BCUT2D eigenvalue weighted by Gasteiger charge is -2.19. The van der Waals surface area contributed by atoms with Crippen molar-refractivity contribution in [1.82, 2.24) is 0 Å². The quantitative estimate of drug-likeness (QED) is 0.654. The maximum Gasteiger partial charge on any atom is 0.0824 e. The molecule has 0 bridgehead atoms. The average molecular weight is 184 g/mol. The predicted molar refractivity (Wildman–Crippen MR) is 55.9 cm³/mol. The average Bonchev–Trinajstić information content (AvgIpc) is 2.32. The first kappa shape index (κ1) is 10.0. The number of rotatable bonds is 2.